The number of unbranched alkanes of at least 4 members (excludes halogenated alkanes) is 1. The Morgan fingerprint density at radius 1 is 1.15 bits per heavy atom. The summed E-state index contributed by atoms with van der Waals surface area (Å²) in [5, 5.41) is 9.35. The van der Waals surface area contributed by atoms with E-state index in [1.165, 1.54) is 7.11 Å². The van der Waals surface area contributed by atoms with Crippen molar-refractivity contribution in [2.45, 2.75) is 38.1 Å². The SMILES string of the molecule is COCCCCC(=O)N1CCc2cc(OC)c(OC)cc2C1CC(=O)O. The molecule has 144 valence electrons. The van der Waals surface area contributed by atoms with Gasteiger partial charge in [0, 0.05) is 26.7 Å². The molecule has 1 aliphatic heterocycles. The third-order valence-electron chi connectivity index (χ3n) is 4.68. The second kappa shape index (κ2) is 9.43. The normalized spacial score (nSPS) is 16.1. The number of carboxylic acid groups (broad SMARTS) is 1. The molecule has 26 heavy (non-hydrogen) atoms. The van der Waals surface area contributed by atoms with E-state index in [-0.39, 0.29) is 12.3 Å². The van der Waals surface area contributed by atoms with Crippen LogP contribution in [-0.2, 0) is 20.7 Å². The Morgan fingerprint density at radius 3 is 2.46 bits per heavy atom. The van der Waals surface area contributed by atoms with Gasteiger partial charge in [-0.25, -0.2) is 0 Å². The summed E-state index contributed by atoms with van der Waals surface area (Å²) in [6.45, 7) is 1.12. The van der Waals surface area contributed by atoms with Gasteiger partial charge in [-0.2, -0.15) is 0 Å². The minimum absolute atomic E-state index is 0.0206. The van der Waals surface area contributed by atoms with Crippen molar-refractivity contribution in [3.63, 3.8) is 0 Å². The maximum Gasteiger partial charge on any atom is 0.305 e. The van der Waals surface area contributed by atoms with E-state index in [1.807, 2.05) is 6.07 Å². The number of carbonyl (C=O) groups is 2. The number of methoxy groups -OCH3 is 3. The number of amides is 1. The zero-order valence-electron chi connectivity index (χ0n) is 15.6. The topological polar surface area (TPSA) is 85.3 Å². The zero-order chi connectivity index (χ0) is 19.1. The van der Waals surface area contributed by atoms with E-state index in [9.17, 15) is 14.7 Å². The number of nitrogens with zero attached hydrogens (tertiary/aromatic N) is 1. The van der Waals surface area contributed by atoms with Crippen LogP contribution < -0.4 is 9.47 Å². The molecule has 2 rings (SSSR count). The fourth-order valence-electron chi connectivity index (χ4n) is 3.38. The van der Waals surface area contributed by atoms with Gasteiger partial charge < -0.3 is 24.2 Å². The highest BCUT2D eigenvalue weighted by Crippen LogP contribution is 2.39. The molecule has 0 fully saturated rings. The van der Waals surface area contributed by atoms with Crippen LogP contribution in [0.1, 0.15) is 42.9 Å². The lowest BCUT2D eigenvalue weighted by atomic mass is 9.89. The van der Waals surface area contributed by atoms with Gasteiger partial charge in [0.1, 0.15) is 0 Å². The van der Waals surface area contributed by atoms with Gasteiger partial charge in [0.15, 0.2) is 11.5 Å². The summed E-state index contributed by atoms with van der Waals surface area (Å²) in [6, 6.07) is 3.18. The van der Waals surface area contributed by atoms with E-state index in [0.717, 1.165) is 24.0 Å². The summed E-state index contributed by atoms with van der Waals surface area (Å²) in [5.74, 6) is 0.193. The van der Waals surface area contributed by atoms with Crippen LogP contribution in [0.15, 0.2) is 12.1 Å². The molecule has 0 bridgehead atoms. The van der Waals surface area contributed by atoms with Gasteiger partial charge in [-0.1, -0.05) is 0 Å². The Balaban J connectivity index is 2.27. The van der Waals surface area contributed by atoms with Gasteiger partial charge in [-0.3, -0.25) is 9.59 Å². The average Bonchev–Trinajstić information content (AvgIpc) is 2.63. The van der Waals surface area contributed by atoms with Gasteiger partial charge in [-0.15, -0.1) is 0 Å². The second-order valence-electron chi connectivity index (χ2n) is 6.31. The lowest BCUT2D eigenvalue weighted by molar-refractivity contribution is -0.141. The summed E-state index contributed by atoms with van der Waals surface area (Å²) in [6.07, 6.45) is 2.45. The van der Waals surface area contributed by atoms with Gasteiger partial charge in [0.2, 0.25) is 5.91 Å². The fraction of sp³-hybridized carbons (Fsp3) is 0.579. The number of aliphatic carboxylic acids is 1. The predicted octanol–water partition coefficient (Wildman–Crippen LogP) is 2.42. The molecule has 0 saturated carbocycles. The minimum atomic E-state index is -0.935. The molecule has 1 aromatic rings. The van der Waals surface area contributed by atoms with Crippen LogP contribution in [0.4, 0.5) is 0 Å². The zero-order valence-corrected chi connectivity index (χ0v) is 15.6. The first kappa shape index (κ1) is 20.0. The van der Waals surface area contributed by atoms with Crippen molar-refractivity contribution in [1.29, 1.82) is 0 Å². The van der Waals surface area contributed by atoms with Crippen molar-refractivity contribution >= 4 is 11.9 Å². The van der Waals surface area contributed by atoms with Crippen molar-refractivity contribution in [3.05, 3.63) is 23.3 Å². The van der Waals surface area contributed by atoms with Crippen LogP contribution in [0.2, 0.25) is 0 Å². The van der Waals surface area contributed by atoms with Crippen molar-refractivity contribution in [1.82, 2.24) is 4.90 Å². The number of rotatable bonds is 9. The average molecular weight is 365 g/mol. The molecule has 1 aliphatic rings. The summed E-state index contributed by atoms with van der Waals surface area (Å²) < 4.78 is 15.7. The van der Waals surface area contributed by atoms with Gasteiger partial charge in [0.25, 0.3) is 0 Å². The smallest absolute Gasteiger partial charge is 0.305 e. The molecule has 0 aliphatic carbocycles. The first-order valence-electron chi connectivity index (χ1n) is 8.76. The molecular formula is C19H27NO6. The van der Waals surface area contributed by atoms with Crippen LogP contribution in [0, 0.1) is 0 Å². The molecule has 1 amide bonds. The maximum absolute atomic E-state index is 12.7. The Labute approximate surface area is 153 Å². The summed E-state index contributed by atoms with van der Waals surface area (Å²) in [5.41, 5.74) is 1.82. The molecule has 0 saturated heterocycles. The Bertz CT molecular complexity index is 645. The first-order chi connectivity index (χ1) is 12.5. The number of carbonyl (C=O) groups excluding carboxylic acids is 1. The van der Waals surface area contributed by atoms with Crippen molar-refractivity contribution in [2.75, 3.05) is 34.5 Å². The minimum Gasteiger partial charge on any atom is -0.493 e. The predicted molar refractivity (Wildman–Crippen MR) is 95.7 cm³/mol. The molecule has 1 heterocycles. The quantitative estimate of drug-likeness (QED) is 0.677. The van der Waals surface area contributed by atoms with Crippen LogP contribution in [0.3, 0.4) is 0 Å². The van der Waals surface area contributed by atoms with Crippen molar-refractivity contribution in [3.8, 4) is 11.5 Å². The molecule has 7 nitrogen and oxygen atoms in total. The molecule has 1 aromatic carbocycles. The standard InChI is InChI=1S/C19H27NO6/c1-24-9-5-4-6-18(21)20-8-7-13-10-16(25-2)17(26-3)11-14(13)15(20)12-19(22)23/h10-11,15H,4-9,12H2,1-3H3,(H,22,23). The van der Waals surface area contributed by atoms with Crippen LogP contribution in [0.25, 0.3) is 0 Å². The number of ether oxygens (including phenoxy) is 3. The van der Waals surface area contributed by atoms with E-state index in [2.05, 4.69) is 0 Å². The molecule has 1 N–H and O–H groups in total. The third kappa shape index (κ3) is 4.66. The summed E-state index contributed by atoms with van der Waals surface area (Å²) in [7, 11) is 4.74. The van der Waals surface area contributed by atoms with E-state index < -0.39 is 12.0 Å². The highest BCUT2D eigenvalue weighted by molar-refractivity contribution is 5.78. The Hall–Kier alpha value is -2.28. The molecule has 7 heteroatoms. The Morgan fingerprint density at radius 2 is 1.85 bits per heavy atom. The summed E-state index contributed by atoms with van der Waals surface area (Å²) in [4.78, 5) is 25.8. The van der Waals surface area contributed by atoms with Crippen molar-refractivity contribution < 1.29 is 28.9 Å². The third-order valence-corrected chi connectivity index (χ3v) is 4.68. The van der Waals surface area contributed by atoms with Gasteiger partial charge in [-0.05, 0) is 42.5 Å². The second-order valence-corrected chi connectivity index (χ2v) is 6.31. The monoisotopic (exact) mass is 365 g/mol. The van der Waals surface area contributed by atoms with Crippen LogP contribution in [-0.4, -0.2) is 56.4 Å². The van der Waals surface area contributed by atoms with Gasteiger partial charge in [0.05, 0.1) is 26.7 Å². The lowest BCUT2D eigenvalue weighted by Gasteiger charge is -2.37. The number of hydrogen-bond donors (Lipinski definition) is 1. The van der Waals surface area contributed by atoms with Gasteiger partial charge >= 0.3 is 5.97 Å². The van der Waals surface area contributed by atoms with Crippen molar-refractivity contribution in [2.24, 2.45) is 0 Å². The highest BCUT2D eigenvalue weighted by Gasteiger charge is 2.33. The summed E-state index contributed by atoms with van der Waals surface area (Å²) >= 11 is 0. The molecular weight excluding hydrogens is 338 g/mol. The highest BCUT2D eigenvalue weighted by atomic mass is 16.5. The Kier molecular flexibility index (Phi) is 7.26. The number of fused-ring (bicyclic) bond motifs is 1. The number of carboxylic acids is 1. The number of benzene rings is 1. The molecule has 1 unspecified atom stereocenters. The number of hydrogen-bond acceptors (Lipinski definition) is 5. The van der Waals surface area contributed by atoms with Crippen LogP contribution in [0.5, 0.6) is 11.5 Å². The molecule has 0 spiro atoms. The maximum atomic E-state index is 12.7. The fourth-order valence-corrected chi connectivity index (χ4v) is 3.38. The van der Waals surface area contributed by atoms with Crippen LogP contribution >= 0.6 is 0 Å². The first-order valence-corrected chi connectivity index (χ1v) is 8.76. The van der Waals surface area contributed by atoms with E-state index >= 15 is 0 Å². The molecule has 0 radical (unpaired) electrons. The van der Waals surface area contributed by atoms with E-state index in [0.29, 0.717) is 37.5 Å². The largest absolute Gasteiger partial charge is 0.493 e. The van der Waals surface area contributed by atoms with E-state index in [4.69, 9.17) is 14.2 Å². The molecule has 0 aromatic heterocycles. The molecule has 1 atom stereocenters. The van der Waals surface area contributed by atoms with E-state index in [1.54, 1.807) is 25.2 Å². The lowest BCUT2D eigenvalue weighted by Crippen LogP contribution is -2.41.